The number of hydrogen-bond donors (Lipinski definition) is 6. The fourth-order valence-electron chi connectivity index (χ4n) is 4.15. The fraction of sp³-hybridized carbons (Fsp3) is 1.00. The monoisotopic (exact) mass is 412 g/mol. The first-order chi connectivity index (χ1) is 13.5. The van der Waals surface area contributed by atoms with Crippen LogP contribution >= 0.6 is 0 Å². The lowest BCUT2D eigenvalue weighted by molar-refractivity contribution is -0.934. The lowest BCUT2D eigenvalue weighted by Crippen LogP contribution is -2.61. The van der Waals surface area contributed by atoms with Gasteiger partial charge in [-0.1, -0.05) is 0 Å². The highest BCUT2D eigenvalue weighted by atomic mass is 16.6. The van der Waals surface area contributed by atoms with Crippen molar-refractivity contribution >= 4 is 0 Å². The van der Waals surface area contributed by atoms with Gasteiger partial charge in [-0.3, -0.25) is 0 Å². The largest absolute Gasteiger partial charge is 0.391 e. The van der Waals surface area contributed by atoms with Gasteiger partial charge in [-0.2, -0.15) is 0 Å². The number of rotatable bonds is 16. The number of quaternary nitrogens is 2. The molecule has 1 aliphatic heterocycles. The van der Waals surface area contributed by atoms with E-state index < -0.39 is 0 Å². The third-order valence-corrected chi connectivity index (χ3v) is 5.66. The zero-order valence-electron chi connectivity index (χ0n) is 16.9. The summed E-state index contributed by atoms with van der Waals surface area (Å²) in [4.78, 5) is 0. The normalized spacial score (nSPS) is 21.2. The van der Waals surface area contributed by atoms with E-state index in [4.69, 9.17) is 9.47 Å². The van der Waals surface area contributed by atoms with Crippen molar-refractivity contribution in [3.8, 4) is 0 Å². The number of aliphatic hydroxyl groups excluding tert-OH is 6. The Balaban J connectivity index is 2.66. The summed E-state index contributed by atoms with van der Waals surface area (Å²) in [5.74, 6) is 0. The van der Waals surface area contributed by atoms with Crippen LogP contribution in [0.25, 0.3) is 0 Å². The second kappa shape index (κ2) is 13.8. The first-order valence-electron chi connectivity index (χ1n) is 10.1. The molecule has 1 fully saturated rings. The highest BCUT2D eigenvalue weighted by molar-refractivity contribution is 4.69. The lowest BCUT2D eigenvalue weighted by atomic mass is 10.2. The van der Waals surface area contributed by atoms with Crippen molar-refractivity contribution in [2.45, 2.75) is 12.2 Å². The van der Waals surface area contributed by atoms with Gasteiger partial charge in [0.2, 0.25) is 0 Å². The van der Waals surface area contributed by atoms with Crippen LogP contribution in [-0.2, 0) is 9.47 Å². The molecule has 1 heterocycles. The zero-order valence-corrected chi connectivity index (χ0v) is 16.9. The van der Waals surface area contributed by atoms with Crippen molar-refractivity contribution < 1.29 is 49.1 Å². The molecule has 2 atom stereocenters. The molecule has 1 aliphatic rings. The van der Waals surface area contributed by atoms with Gasteiger partial charge < -0.3 is 49.1 Å². The second-order valence-electron chi connectivity index (χ2n) is 7.64. The predicted octanol–water partition coefficient (Wildman–Crippen LogP) is -3.64. The molecule has 1 rings (SSSR count). The van der Waals surface area contributed by atoms with Crippen LogP contribution in [-0.4, -0.2) is 157 Å². The molecule has 0 amide bonds. The van der Waals surface area contributed by atoms with Crippen molar-refractivity contribution in [2.24, 2.45) is 0 Å². The number of ether oxygens (including phenoxy) is 2. The molecule has 0 aliphatic carbocycles. The SMILES string of the molecule is OCC[N+](CCO)(CCO)CC1COC(C[N+](CCO)(CCO)CCO)CO1. The van der Waals surface area contributed by atoms with Crippen LogP contribution in [0.5, 0.6) is 0 Å². The molecule has 28 heavy (non-hydrogen) atoms. The van der Waals surface area contributed by atoms with Gasteiger partial charge in [0.05, 0.1) is 52.9 Å². The van der Waals surface area contributed by atoms with E-state index in [1.807, 2.05) is 0 Å². The molecule has 0 radical (unpaired) electrons. The molecule has 0 aromatic heterocycles. The molecule has 0 saturated carbocycles. The minimum atomic E-state index is -0.212. The van der Waals surface area contributed by atoms with Crippen LogP contribution in [0.4, 0.5) is 0 Å². The molecular weight excluding hydrogens is 372 g/mol. The Morgan fingerprint density at radius 1 is 0.500 bits per heavy atom. The van der Waals surface area contributed by atoms with E-state index in [2.05, 4.69) is 0 Å². The molecule has 2 unspecified atom stereocenters. The Morgan fingerprint density at radius 2 is 0.750 bits per heavy atom. The third kappa shape index (κ3) is 8.15. The molecule has 1 saturated heterocycles. The Morgan fingerprint density at radius 3 is 0.929 bits per heavy atom. The Hall–Kier alpha value is -0.400. The minimum Gasteiger partial charge on any atom is -0.391 e. The summed E-state index contributed by atoms with van der Waals surface area (Å²) in [5, 5.41) is 56.3. The van der Waals surface area contributed by atoms with Crippen molar-refractivity contribution in [1.29, 1.82) is 0 Å². The Bertz CT molecular complexity index is 324. The van der Waals surface area contributed by atoms with Gasteiger partial charge in [-0.15, -0.1) is 0 Å². The topological polar surface area (TPSA) is 140 Å². The molecule has 0 aromatic rings. The van der Waals surface area contributed by atoms with Crippen LogP contribution in [0.3, 0.4) is 0 Å². The van der Waals surface area contributed by atoms with Crippen LogP contribution in [0.1, 0.15) is 0 Å². The van der Waals surface area contributed by atoms with Crippen molar-refractivity contribution in [2.75, 3.05) is 105 Å². The third-order valence-electron chi connectivity index (χ3n) is 5.66. The Kier molecular flexibility index (Phi) is 12.6. The highest BCUT2D eigenvalue weighted by Gasteiger charge is 2.37. The molecular formula is C18H40N2O8+2. The van der Waals surface area contributed by atoms with E-state index in [0.29, 0.717) is 74.5 Å². The highest BCUT2D eigenvalue weighted by Crippen LogP contribution is 2.18. The van der Waals surface area contributed by atoms with E-state index in [1.54, 1.807) is 0 Å². The lowest BCUT2D eigenvalue weighted by Gasteiger charge is -2.43. The summed E-state index contributed by atoms with van der Waals surface area (Å²) < 4.78 is 12.7. The molecule has 0 aromatic carbocycles. The maximum absolute atomic E-state index is 9.39. The van der Waals surface area contributed by atoms with E-state index in [9.17, 15) is 30.6 Å². The van der Waals surface area contributed by atoms with Gasteiger partial charge in [-0.05, 0) is 0 Å². The van der Waals surface area contributed by atoms with Gasteiger partial charge in [0.1, 0.15) is 64.6 Å². The summed E-state index contributed by atoms with van der Waals surface area (Å²) in [7, 11) is 0. The standard InChI is InChI=1S/C18H40N2O8/c21-7-1-19(2-8-22,3-9-23)13-17-15-28-18(16-27-17)14-20(4-10-24,5-11-25)6-12-26/h17-18,21-26H,1-16H2/q+2. The predicted molar refractivity (Wildman–Crippen MR) is 101 cm³/mol. The number of nitrogens with zero attached hydrogens (tertiary/aromatic N) is 2. The van der Waals surface area contributed by atoms with Crippen LogP contribution < -0.4 is 0 Å². The molecule has 168 valence electrons. The second-order valence-corrected chi connectivity index (χ2v) is 7.64. The molecule has 0 spiro atoms. The van der Waals surface area contributed by atoms with E-state index >= 15 is 0 Å². The van der Waals surface area contributed by atoms with E-state index in [0.717, 1.165) is 0 Å². The van der Waals surface area contributed by atoms with Gasteiger partial charge >= 0.3 is 0 Å². The van der Waals surface area contributed by atoms with Gasteiger partial charge in [0.25, 0.3) is 0 Å². The quantitative estimate of drug-likeness (QED) is 0.143. The van der Waals surface area contributed by atoms with E-state index in [1.165, 1.54) is 0 Å². The van der Waals surface area contributed by atoms with Gasteiger partial charge in [-0.25, -0.2) is 0 Å². The van der Waals surface area contributed by atoms with Crippen molar-refractivity contribution in [1.82, 2.24) is 0 Å². The summed E-state index contributed by atoms with van der Waals surface area (Å²) in [6.45, 7) is 4.05. The smallest absolute Gasteiger partial charge is 0.130 e. The summed E-state index contributed by atoms with van der Waals surface area (Å²) in [5.41, 5.74) is 0. The van der Waals surface area contributed by atoms with Crippen LogP contribution in [0, 0.1) is 0 Å². The molecule has 10 nitrogen and oxygen atoms in total. The Labute approximate surface area is 167 Å². The average molecular weight is 413 g/mol. The number of hydrogen-bond acceptors (Lipinski definition) is 8. The first-order valence-corrected chi connectivity index (χ1v) is 10.1. The van der Waals surface area contributed by atoms with E-state index in [-0.39, 0.29) is 51.8 Å². The average Bonchev–Trinajstić information content (AvgIpc) is 2.65. The summed E-state index contributed by atoms with van der Waals surface area (Å²) in [6, 6.07) is 0. The molecule has 6 N–H and O–H groups in total. The van der Waals surface area contributed by atoms with Gasteiger partial charge in [0.15, 0.2) is 0 Å². The van der Waals surface area contributed by atoms with Crippen LogP contribution in [0.15, 0.2) is 0 Å². The zero-order chi connectivity index (χ0) is 20.9. The maximum atomic E-state index is 9.39. The fourth-order valence-corrected chi connectivity index (χ4v) is 4.15. The summed E-state index contributed by atoms with van der Waals surface area (Å²) in [6.07, 6.45) is -0.423. The van der Waals surface area contributed by atoms with Gasteiger partial charge in [0, 0.05) is 0 Å². The summed E-state index contributed by atoms with van der Waals surface area (Å²) >= 11 is 0. The van der Waals surface area contributed by atoms with Crippen LogP contribution in [0.2, 0.25) is 0 Å². The maximum Gasteiger partial charge on any atom is 0.130 e. The van der Waals surface area contributed by atoms with Crippen molar-refractivity contribution in [3.63, 3.8) is 0 Å². The first kappa shape index (κ1) is 25.6. The molecule has 0 bridgehead atoms. The minimum absolute atomic E-state index is 0.0420. The molecule has 10 heteroatoms. The number of aliphatic hydroxyl groups is 6. The van der Waals surface area contributed by atoms with Crippen molar-refractivity contribution in [3.05, 3.63) is 0 Å².